The molecule has 118 valence electrons. The molecule has 0 aliphatic heterocycles. The molecule has 0 saturated heterocycles. The van der Waals surface area contributed by atoms with Crippen molar-refractivity contribution in [2.24, 2.45) is 5.73 Å². The van der Waals surface area contributed by atoms with E-state index in [9.17, 15) is 18.8 Å². The molecular weight excluding hydrogens is 301 g/mol. The number of benzene rings is 2. The summed E-state index contributed by atoms with van der Waals surface area (Å²) in [6.45, 7) is -0.253. The van der Waals surface area contributed by atoms with Gasteiger partial charge in [-0.05, 0) is 42.5 Å². The average Bonchev–Trinajstić information content (AvgIpc) is 2.53. The first-order valence-corrected chi connectivity index (χ1v) is 6.69. The van der Waals surface area contributed by atoms with Gasteiger partial charge in [-0.25, -0.2) is 4.39 Å². The van der Waals surface area contributed by atoms with Crippen molar-refractivity contribution in [1.29, 1.82) is 0 Å². The SMILES string of the molecule is NC(=O)CNC(=O)c1ccc(NC(=O)c2cccc(F)c2)cc1. The number of amides is 3. The highest BCUT2D eigenvalue weighted by Gasteiger charge is 2.09. The molecule has 0 bridgehead atoms. The van der Waals surface area contributed by atoms with Crippen LogP contribution in [0.5, 0.6) is 0 Å². The van der Waals surface area contributed by atoms with E-state index < -0.39 is 23.5 Å². The van der Waals surface area contributed by atoms with Gasteiger partial charge in [0.25, 0.3) is 11.8 Å². The van der Waals surface area contributed by atoms with Gasteiger partial charge in [-0.1, -0.05) is 6.07 Å². The number of hydrogen-bond acceptors (Lipinski definition) is 3. The Kier molecular flexibility index (Phi) is 5.03. The zero-order valence-corrected chi connectivity index (χ0v) is 12.0. The van der Waals surface area contributed by atoms with Crippen molar-refractivity contribution in [3.63, 3.8) is 0 Å². The maximum Gasteiger partial charge on any atom is 0.255 e. The van der Waals surface area contributed by atoms with Gasteiger partial charge >= 0.3 is 0 Å². The molecule has 0 atom stereocenters. The molecule has 6 nitrogen and oxygen atoms in total. The largest absolute Gasteiger partial charge is 0.368 e. The molecule has 0 fully saturated rings. The number of carbonyl (C=O) groups is 3. The number of primary amides is 1. The van der Waals surface area contributed by atoms with Crippen molar-refractivity contribution >= 4 is 23.4 Å². The van der Waals surface area contributed by atoms with Crippen LogP contribution in [0.3, 0.4) is 0 Å². The van der Waals surface area contributed by atoms with E-state index in [1.54, 1.807) is 0 Å². The summed E-state index contributed by atoms with van der Waals surface area (Å²) in [5, 5.41) is 4.94. The number of nitrogens with two attached hydrogens (primary N) is 1. The summed E-state index contributed by atoms with van der Waals surface area (Å²) < 4.78 is 13.1. The Morgan fingerprint density at radius 3 is 2.26 bits per heavy atom. The normalized spacial score (nSPS) is 9.96. The lowest BCUT2D eigenvalue weighted by Gasteiger charge is -2.07. The molecule has 2 rings (SSSR count). The second kappa shape index (κ2) is 7.17. The highest BCUT2D eigenvalue weighted by Crippen LogP contribution is 2.12. The highest BCUT2D eigenvalue weighted by molar-refractivity contribution is 6.04. The first-order valence-electron chi connectivity index (χ1n) is 6.69. The first-order chi connectivity index (χ1) is 11.0. The molecular formula is C16H14FN3O3. The Balaban J connectivity index is 2.01. The Labute approximate surface area is 131 Å². The molecule has 4 N–H and O–H groups in total. The number of nitrogens with one attached hydrogen (secondary N) is 2. The molecule has 23 heavy (non-hydrogen) atoms. The summed E-state index contributed by atoms with van der Waals surface area (Å²) in [4.78, 5) is 34.3. The van der Waals surface area contributed by atoms with E-state index in [2.05, 4.69) is 10.6 Å². The summed E-state index contributed by atoms with van der Waals surface area (Å²) in [6, 6.07) is 11.3. The summed E-state index contributed by atoms with van der Waals surface area (Å²) >= 11 is 0. The smallest absolute Gasteiger partial charge is 0.255 e. The maximum atomic E-state index is 13.1. The minimum atomic E-state index is -0.641. The second-order valence-electron chi connectivity index (χ2n) is 4.69. The third-order valence-corrected chi connectivity index (χ3v) is 2.91. The van der Waals surface area contributed by atoms with Crippen LogP contribution in [0, 0.1) is 5.82 Å². The van der Waals surface area contributed by atoms with E-state index in [0.29, 0.717) is 11.3 Å². The molecule has 0 spiro atoms. The first kappa shape index (κ1) is 16.2. The summed E-state index contributed by atoms with van der Waals surface area (Å²) in [5.74, 6) is -2.06. The van der Waals surface area contributed by atoms with Crippen LogP contribution in [0.1, 0.15) is 20.7 Å². The monoisotopic (exact) mass is 315 g/mol. The van der Waals surface area contributed by atoms with Crippen molar-refractivity contribution in [2.45, 2.75) is 0 Å². The highest BCUT2D eigenvalue weighted by atomic mass is 19.1. The number of carbonyl (C=O) groups excluding carboxylic acids is 3. The molecule has 0 aliphatic rings. The van der Waals surface area contributed by atoms with E-state index in [0.717, 1.165) is 6.07 Å². The molecule has 3 amide bonds. The van der Waals surface area contributed by atoms with Gasteiger partial charge in [-0.2, -0.15) is 0 Å². The third kappa shape index (κ3) is 4.63. The summed E-state index contributed by atoms with van der Waals surface area (Å²) in [6.07, 6.45) is 0. The molecule has 2 aromatic carbocycles. The average molecular weight is 315 g/mol. The molecule has 0 unspecified atom stereocenters. The van der Waals surface area contributed by atoms with Crippen LogP contribution < -0.4 is 16.4 Å². The van der Waals surface area contributed by atoms with Crippen LogP contribution in [-0.2, 0) is 4.79 Å². The summed E-state index contributed by atoms with van der Waals surface area (Å²) in [7, 11) is 0. The van der Waals surface area contributed by atoms with Crippen molar-refractivity contribution in [3.05, 3.63) is 65.5 Å². The molecule has 0 saturated carbocycles. The van der Waals surface area contributed by atoms with E-state index in [4.69, 9.17) is 5.73 Å². The minimum absolute atomic E-state index is 0.188. The van der Waals surface area contributed by atoms with Crippen molar-refractivity contribution in [1.82, 2.24) is 5.32 Å². The minimum Gasteiger partial charge on any atom is -0.368 e. The van der Waals surface area contributed by atoms with Gasteiger partial charge in [-0.3, -0.25) is 14.4 Å². The second-order valence-corrected chi connectivity index (χ2v) is 4.69. The molecule has 0 heterocycles. The zero-order valence-electron chi connectivity index (χ0n) is 12.0. The fourth-order valence-corrected chi connectivity index (χ4v) is 1.81. The van der Waals surface area contributed by atoms with Gasteiger partial charge in [0, 0.05) is 16.8 Å². The lowest BCUT2D eigenvalue weighted by molar-refractivity contribution is -0.117. The predicted molar refractivity (Wildman–Crippen MR) is 82.3 cm³/mol. The fourth-order valence-electron chi connectivity index (χ4n) is 1.81. The Bertz CT molecular complexity index is 744. The quantitative estimate of drug-likeness (QED) is 0.775. The Morgan fingerprint density at radius 2 is 1.65 bits per heavy atom. The topological polar surface area (TPSA) is 101 Å². The number of halogens is 1. The maximum absolute atomic E-state index is 13.1. The van der Waals surface area contributed by atoms with Crippen LogP contribution in [0.15, 0.2) is 48.5 Å². The molecule has 7 heteroatoms. The zero-order chi connectivity index (χ0) is 16.8. The molecule has 2 aromatic rings. The van der Waals surface area contributed by atoms with E-state index in [-0.39, 0.29) is 12.1 Å². The van der Waals surface area contributed by atoms with E-state index in [1.807, 2.05) is 0 Å². The van der Waals surface area contributed by atoms with Gasteiger partial charge in [0.15, 0.2) is 0 Å². The van der Waals surface area contributed by atoms with Crippen LogP contribution in [-0.4, -0.2) is 24.3 Å². The molecule has 0 aromatic heterocycles. The lowest BCUT2D eigenvalue weighted by Crippen LogP contribution is -2.33. The van der Waals surface area contributed by atoms with Crippen LogP contribution in [0.25, 0.3) is 0 Å². The van der Waals surface area contributed by atoms with Gasteiger partial charge in [-0.15, -0.1) is 0 Å². The van der Waals surface area contributed by atoms with Crippen LogP contribution in [0.2, 0.25) is 0 Å². The van der Waals surface area contributed by atoms with Gasteiger partial charge in [0.2, 0.25) is 5.91 Å². The van der Waals surface area contributed by atoms with Crippen molar-refractivity contribution < 1.29 is 18.8 Å². The Hall–Kier alpha value is -3.22. The van der Waals surface area contributed by atoms with E-state index >= 15 is 0 Å². The predicted octanol–water partition coefficient (Wildman–Crippen LogP) is 1.29. The van der Waals surface area contributed by atoms with Crippen molar-refractivity contribution in [2.75, 3.05) is 11.9 Å². The number of rotatable bonds is 5. The van der Waals surface area contributed by atoms with Gasteiger partial charge in [0.1, 0.15) is 5.82 Å². The fraction of sp³-hybridized carbons (Fsp3) is 0.0625. The van der Waals surface area contributed by atoms with Gasteiger partial charge in [0.05, 0.1) is 6.54 Å². The van der Waals surface area contributed by atoms with Gasteiger partial charge < -0.3 is 16.4 Å². The molecule has 0 aliphatic carbocycles. The number of hydrogen-bond donors (Lipinski definition) is 3. The standard InChI is InChI=1S/C16H14FN3O3/c17-12-3-1-2-11(8-12)16(23)20-13-6-4-10(5-7-13)15(22)19-9-14(18)21/h1-8H,9H2,(H2,18,21)(H,19,22)(H,20,23). The van der Waals surface area contributed by atoms with Crippen LogP contribution >= 0.6 is 0 Å². The number of anilines is 1. The third-order valence-electron chi connectivity index (χ3n) is 2.91. The lowest BCUT2D eigenvalue weighted by atomic mass is 10.1. The summed E-state index contributed by atoms with van der Waals surface area (Å²) in [5.41, 5.74) is 5.89. The molecule has 0 radical (unpaired) electrons. The Morgan fingerprint density at radius 1 is 0.957 bits per heavy atom. The van der Waals surface area contributed by atoms with E-state index in [1.165, 1.54) is 42.5 Å². The van der Waals surface area contributed by atoms with Crippen molar-refractivity contribution in [3.8, 4) is 0 Å². The van der Waals surface area contributed by atoms with Crippen LogP contribution in [0.4, 0.5) is 10.1 Å².